The molecule has 4 heteroatoms. The van der Waals surface area contributed by atoms with Crippen LogP contribution in [0.2, 0.25) is 0 Å². The Morgan fingerprint density at radius 2 is 2.22 bits per heavy atom. The van der Waals surface area contributed by atoms with E-state index in [0.29, 0.717) is 12.2 Å². The van der Waals surface area contributed by atoms with Crippen molar-refractivity contribution >= 4 is 0 Å². The molecule has 0 radical (unpaired) electrons. The van der Waals surface area contributed by atoms with E-state index in [1.807, 2.05) is 6.92 Å². The van der Waals surface area contributed by atoms with Crippen molar-refractivity contribution in [3.63, 3.8) is 0 Å². The fraction of sp³-hybridized carbons (Fsp3) is 0.571. The van der Waals surface area contributed by atoms with Gasteiger partial charge in [0.05, 0.1) is 18.8 Å². The minimum Gasteiger partial charge on any atom is -0.494 e. The van der Waals surface area contributed by atoms with E-state index in [9.17, 15) is 4.39 Å². The zero-order valence-corrected chi connectivity index (χ0v) is 10.9. The van der Waals surface area contributed by atoms with Gasteiger partial charge in [0.25, 0.3) is 0 Å². The summed E-state index contributed by atoms with van der Waals surface area (Å²) >= 11 is 0. The Morgan fingerprint density at radius 1 is 1.44 bits per heavy atom. The van der Waals surface area contributed by atoms with Crippen LogP contribution in [0.15, 0.2) is 18.2 Å². The second-order valence-corrected chi connectivity index (χ2v) is 4.96. The normalized spacial score (nSPS) is 25.8. The van der Waals surface area contributed by atoms with Gasteiger partial charge in [0.1, 0.15) is 0 Å². The molecule has 2 unspecified atom stereocenters. The van der Waals surface area contributed by atoms with Crippen molar-refractivity contribution in [3.8, 4) is 5.75 Å². The van der Waals surface area contributed by atoms with Gasteiger partial charge >= 0.3 is 0 Å². The highest BCUT2D eigenvalue weighted by atomic mass is 19.1. The molecule has 0 aromatic heterocycles. The average Bonchev–Trinajstić information content (AvgIpc) is 2.39. The molecule has 0 bridgehead atoms. The molecule has 1 fully saturated rings. The highest BCUT2D eigenvalue weighted by molar-refractivity contribution is 5.34. The standard InChI is InChI=1S/C14H20FNO2/c1-14(8-3-4-9-18-14)13(16)10-6-5-7-11(17-2)12(10)15/h5-7,13H,3-4,8-9,16H2,1-2H3. The molecule has 1 aliphatic heterocycles. The maximum Gasteiger partial charge on any atom is 0.169 e. The number of benzene rings is 1. The minimum absolute atomic E-state index is 0.224. The molecule has 18 heavy (non-hydrogen) atoms. The first-order valence-electron chi connectivity index (χ1n) is 6.30. The number of hydrogen-bond acceptors (Lipinski definition) is 3. The Kier molecular flexibility index (Phi) is 3.88. The van der Waals surface area contributed by atoms with E-state index >= 15 is 0 Å². The van der Waals surface area contributed by atoms with Crippen LogP contribution >= 0.6 is 0 Å². The lowest BCUT2D eigenvalue weighted by Crippen LogP contribution is -2.43. The second-order valence-electron chi connectivity index (χ2n) is 4.96. The summed E-state index contributed by atoms with van der Waals surface area (Å²) in [5.41, 5.74) is 6.17. The Morgan fingerprint density at radius 3 is 2.83 bits per heavy atom. The number of hydrogen-bond donors (Lipinski definition) is 1. The van der Waals surface area contributed by atoms with Crippen LogP contribution in [0.3, 0.4) is 0 Å². The number of halogens is 1. The van der Waals surface area contributed by atoms with Crippen molar-refractivity contribution in [2.45, 2.75) is 37.8 Å². The average molecular weight is 253 g/mol. The van der Waals surface area contributed by atoms with Gasteiger partial charge < -0.3 is 15.2 Å². The van der Waals surface area contributed by atoms with Gasteiger partial charge in [0.2, 0.25) is 0 Å². The van der Waals surface area contributed by atoms with Crippen LogP contribution in [0.25, 0.3) is 0 Å². The number of methoxy groups -OCH3 is 1. The van der Waals surface area contributed by atoms with Gasteiger partial charge in [-0.15, -0.1) is 0 Å². The Labute approximate surface area is 107 Å². The van der Waals surface area contributed by atoms with Gasteiger partial charge in [-0.05, 0) is 32.3 Å². The topological polar surface area (TPSA) is 44.5 Å². The molecule has 0 amide bonds. The summed E-state index contributed by atoms with van der Waals surface area (Å²) in [6.07, 6.45) is 2.96. The Balaban J connectivity index is 2.30. The third-order valence-corrected chi connectivity index (χ3v) is 3.71. The van der Waals surface area contributed by atoms with Gasteiger partial charge in [-0.3, -0.25) is 0 Å². The molecule has 2 rings (SSSR count). The largest absolute Gasteiger partial charge is 0.494 e. The van der Waals surface area contributed by atoms with Crippen molar-refractivity contribution in [3.05, 3.63) is 29.6 Å². The molecule has 0 spiro atoms. The molecule has 2 N–H and O–H groups in total. The summed E-state index contributed by atoms with van der Waals surface area (Å²) in [6.45, 7) is 2.64. The second kappa shape index (κ2) is 5.24. The van der Waals surface area contributed by atoms with Crippen molar-refractivity contribution in [2.75, 3.05) is 13.7 Å². The van der Waals surface area contributed by atoms with E-state index in [4.69, 9.17) is 15.2 Å². The number of ether oxygens (including phenoxy) is 2. The van der Waals surface area contributed by atoms with Crippen molar-refractivity contribution < 1.29 is 13.9 Å². The number of nitrogens with two attached hydrogens (primary N) is 1. The zero-order valence-electron chi connectivity index (χ0n) is 10.9. The predicted molar refractivity (Wildman–Crippen MR) is 68.1 cm³/mol. The molecule has 100 valence electrons. The van der Waals surface area contributed by atoms with E-state index in [2.05, 4.69) is 0 Å². The van der Waals surface area contributed by atoms with Crippen LogP contribution in [-0.2, 0) is 4.74 Å². The highest BCUT2D eigenvalue weighted by Crippen LogP contribution is 2.37. The molecule has 2 atom stereocenters. The molecular formula is C14H20FNO2. The van der Waals surface area contributed by atoms with Gasteiger partial charge in [0.15, 0.2) is 11.6 Å². The quantitative estimate of drug-likeness (QED) is 0.900. The summed E-state index contributed by atoms with van der Waals surface area (Å²) in [7, 11) is 1.45. The van der Waals surface area contributed by atoms with Crippen molar-refractivity contribution in [1.82, 2.24) is 0 Å². The smallest absolute Gasteiger partial charge is 0.169 e. The highest BCUT2D eigenvalue weighted by Gasteiger charge is 2.37. The monoisotopic (exact) mass is 253 g/mol. The summed E-state index contributed by atoms with van der Waals surface area (Å²) < 4.78 is 25.0. The first-order valence-corrected chi connectivity index (χ1v) is 6.30. The van der Waals surface area contributed by atoms with Crippen LogP contribution < -0.4 is 10.5 Å². The molecule has 1 aromatic rings. The SMILES string of the molecule is COc1cccc(C(N)C2(C)CCCCO2)c1F. The minimum atomic E-state index is -0.495. The molecule has 3 nitrogen and oxygen atoms in total. The molecule has 1 aliphatic rings. The fourth-order valence-electron chi connectivity index (χ4n) is 2.46. The van der Waals surface area contributed by atoms with Crippen LogP contribution in [-0.4, -0.2) is 19.3 Å². The fourth-order valence-corrected chi connectivity index (χ4v) is 2.46. The number of rotatable bonds is 3. The molecular weight excluding hydrogens is 233 g/mol. The predicted octanol–water partition coefficient (Wildman–Crippen LogP) is 2.79. The summed E-state index contributed by atoms with van der Waals surface area (Å²) in [4.78, 5) is 0. The van der Waals surface area contributed by atoms with Crippen LogP contribution in [0.1, 0.15) is 37.8 Å². The molecule has 0 saturated carbocycles. The zero-order chi connectivity index (χ0) is 13.2. The first kappa shape index (κ1) is 13.3. The van der Waals surface area contributed by atoms with E-state index in [1.165, 1.54) is 7.11 Å². The van der Waals surface area contributed by atoms with Crippen LogP contribution in [0.5, 0.6) is 5.75 Å². The van der Waals surface area contributed by atoms with Crippen LogP contribution in [0.4, 0.5) is 4.39 Å². The van der Waals surface area contributed by atoms with E-state index in [0.717, 1.165) is 19.3 Å². The van der Waals surface area contributed by atoms with E-state index in [1.54, 1.807) is 18.2 Å². The summed E-state index contributed by atoms with van der Waals surface area (Å²) in [6, 6.07) is 4.57. The van der Waals surface area contributed by atoms with Gasteiger partial charge in [-0.25, -0.2) is 4.39 Å². The van der Waals surface area contributed by atoms with Gasteiger partial charge in [-0.2, -0.15) is 0 Å². The molecule has 0 aliphatic carbocycles. The molecule has 1 saturated heterocycles. The van der Waals surface area contributed by atoms with E-state index in [-0.39, 0.29) is 11.6 Å². The lowest BCUT2D eigenvalue weighted by atomic mass is 9.84. The van der Waals surface area contributed by atoms with Gasteiger partial charge in [0, 0.05) is 12.2 Å². The third kappa shape index (κ3) is 2.35. The van der Waals surface area contributed by atoms with Crippen LogP contribution in [0, 0.1) is 5.82 Å². The first-order chi connectivity index (χ1) is 8.58. The lowest BCUT2D eigenvalue weighted by molar-refractivity contribution is -0.0826. The van der Waals surface area contributed by atoms with Crippen molar-refractivity contribution in [1.29, 1.82) is 0 Å². The maximum atomic E-state index is 14.2. The van der Waals surface area contributed by atoms with Gasteiger partial charge in [-0.1, -0.05) is 12.1 Å². The molecule has 1 heterocycles. The lowest BCUT2D eigenvalue weighted by Gasteiger charge is -2.39. The molecule has 1 aromatic carbocycles. The van der Waals surface area contributed by atoms with Crippen molar-refractivity contribution in [2.24, 2.45) is 5.73 Å². The third-order valence-electron chi connectivity index (χ3n) is 3.71. The van der Waals surface area contributed by atoms with E-state index < -0.39 is 11.6 Å². The Bertz CT molecular complexity index is 416. The maximum absolute atomic E-state index is 14.2. The summed E-state index contributed by atoms with van der Waals surface area (Å²) in [5.74, 6) is -0.162. The Hall–Kier alpha value is -1.13. The summed E-state index contributed by atoms with van der Waals surface area (Å²) in [5, 5.41) is 0.